The van der Waals surface area contributed by atoms with Gasteiger partial charge in [-0.1, -0.05) is 0 Å². The fourth-order valence-corrected chi connectivity index (χ4v) is 2.43. The van der Waals surface area contributed by atoms with Crippen LogP contribution in [0.4, 0.5) is 4.39 Å². The van der Waals surface area contributed by atoms with Crippen LogP contribution in [0.25, 0.3) is 0 Å². The summed E-state index contributed by atoms with van der Waals surface area (Å²) in [4.78, 5) is 13.1. The van der Waals surface area contributed by atoms with Gasteiger partial charge in [0.2, 0.25) is 5.91 Å². The molecule has 0 aromatic heterocycles. The van der Waals surface area contributed by atoms with E-state index >= 15 is 0 Å². The maximum atomic E-state index is 13.2. The summed E-state index contributed by atoms with van der Waals surface area (Å²) in [7, 11) is 0. The van der Waals surface area contributed by atoms with Gasteiger partial charge in [0.1, 0.15) is 11.6 Å². The number of rotatable bonds is 3. The number of benzene rings is 1. The summed E-state index contributed by atoms with van der Waals surface area (Å²) in [6.07, 6.45) is 0.718. The molecule has 2 rings (SSSR count). The third-order valence-corrected chi connectivity index (χ3v) is 3.61. The van der Waals surface area contributed by atoms with E-state index in [1.54, 1.807) is 0 Å². The minimum Gasteiger partial charge on any atom is -0.508 e. The first kappa shape index (κ1) is 12.8. The number of likely N-dealkylation sites (tertiary alicyclic amines) is 1. The maximum Gasteiger partial charge on any atom is 0.221 e. The molecule has 3 N–H and O–H groups in total. The Morgan fingerprint density at radius 1 is 1.61 bits per heavy atom. The van der Waals surface area contributed by atoms with Gasteiger partial charge >= 0.3 is 0 Å². The number of carbonyl (C=O) groups is 1. The molecule has 1 aromatic carbocycles. The molecule has 1 fully saturated rings. The van der Waals surface area contributed by atoms with Crippen LogP contribution in [0.3, 0.4) is 0 Å². The van der Waals surface area contributed by atoms with Gasteiger partial charge in [-0.25, -0.2) is 4.39 Å². The lowest BCUT2D eigenvalue weighted by Crippen LogP contribution is -2.29. The maximum absolute atomic E-state index is 13.2. The standard InChI is InChI=1S/C13H17FN2O2/c1-8(11-6-10(14)2-3-12(11)17)16-5-4-9(7-16)13(15)18/h2-3,6,8-9,17H,4-5,7H2,1H3,(H2,15,18). The van der Waals surface area contributed by atoms with Gasteiger partial charge in [0.25, 0.3) is 0 Å². The molecule has 1 heterocycles. The lowest BCUT2D eigenvalue weighted by Gasteiger charge is -2.25. The van der Waals surface area contributed by atoms with Crippen LogP contribution in [0, 0.1) is 11.7 Å². The Morgan fingerprint density at radius 2 is 2.33 bits per heavy atom. The largest absolute Gasteiger partial charge is 0.508 e. The molecule has 5 heteroatoms. The third kappa shape index (κ3) is 2.46. The second-order valence-corrected chi connectivity index (χ2v) is 4.76. The summed E-state index contributed by atoms with van der Waals surface area (Å²) in [6.45, 7) is 3.18. The zero-order chi connectivity index (χ0) is 13.3. The number of nitrogens with zero attached hydrogens (tertiary/aromatic N) is 1. The average Bonchev–Trinajstić information content (AvgIpc) is 2.81. The van der Waals surface area contributed by atoms with Gasteiger partial charge in [0.05, 0.1) is 5.92 Å². The Bertz CT molecular complexity index is 464. The average molecular weight is 252 g/mol. The van der Waals surface area contributed by atoms with Crippen molar-refractivity contribution in [2.45, 2.75) is 19.4 Å². The van der Waals surface area contributed by atoms with Crippen LogP contribution < -0.4 is 5.73 Å². The number of carbonyl (C=O) groups excluding carboxylic acids is 1. The van der Waals surface area contributed by atoms with Crippen molar-refractivity contribution in [3.8, 4) is 5.75 Å². The molecular weight excluding hydrogens is 235 g/mol. The Balaban J connectivity index is 2.15. The van der Waals surface area contributed by atoms with Crippen molar-refractivity contribution in [1.29, 1.82) is 0 Å². The summed E-state index contributed by atoms with van der Waals surface area (Å²) in [5.41, 5.74) is 5.82. The summed E-state index contributed by atoms with van der Waals surface area (Å²) < 4.78 is 13.2. The molecule has 0 aliphatic carbocycles. The van der Waals surface area contributed by atoms with Gasteiger partial charge in [-0.15, -0.1) is 0 Å². The van der Waals surface area contributed by atoms with E-state index in [9.17, 15) is 14.3 Å². The van der Waals surface area contributed by atoms with Crippen molar-refractivity contribution in [3.63, 3.8) is 0 Å². The van der Waals surface area contributed by atoms with Crippen LogP contribution in [0.15, 0.2) is 18.2 Å². The van der Waals surface area contributed by atoms with Crippen molar-refractivity contribution < 1.29 is 14.3 Å². The topological polar surface area (TPSA) is 66.6 Å². The molecule has 0 radical (unpaired) electrons. The second-order valence-electron chi connectivity index (χ2n) is 4.76. The van der Waals surface area contributed by atoms with E-state index in [0.717, 1.165) is 13.0 Å². The number of nitrogens with two attached hydrogens (primary N) is 1. The Morgan fingerprint density at radius 3 is 2.94 bits per heavy atom. The molecule has 1 aromatic rings. The molecule has 1 aliphatic heterocycles. The number of hydrogen-bond donors (Lipinski definition) is 2. The minimum atomic E-state index is -0.375. The molecule has 0 saturated carbocycles. The van der Waals surface area contributed by atoms with Crippen molar-refractivity contribution in [2.24, 2.45) is 11.7 Å². The van der Waals surface area contributed by atoms with Crippen LogP contribution in [0.1, 0.15) is 24.9 Å². The van der Waals surface area contributed by atoms with Crippen LogP contribution >= 0.6 is 0 Å². The fourth-order valence-electron chi connectivity index (χ4n) is 2.43. The zero-order valence-corrected chi connectivity index (χ0v) is 10.3. The van der Waals surface area contributed by atoms with Gasteiger partial charge < -0.3 is 10.8 Å². The molecule has 18 heavy (non-hydrogen) atoms. The number of halogens is 1. The van der Waals surface area contributed by atoms with Crippen LogP contribution in [0.2, 0.25) is 0 Å². The highest BCUT2D eigenvalue weighted by atomic mass is 19.1. The highest BCUT2D eigenvalue weighted by molar-refractivity contribution is 5.77. The summed E-state index contributed by atoms with van der Waals surface area (Å²) >= 11 is 0. The molecule has 2 unspecified atom stereocenters. The zero-order valence-electron chi connectivity index (χ0n) is 10.3. The fraction of sp³-hybridized carbons (Fsp3) is 0.462. The molecule has 1 aliphatic rings. The molecule has 0 spiro atoms. The molecular formula is C13H17FN2O2. The van der Waals surface area contributed by atoms with Gasteiger partial charge in [-0.2, -0.15) is 0 Å². The van der Waals surface area contributed by atoms with Crippen molar-refractivity contribution in [3.05, 3.63) is 29.6 Å². The first-order chi connectivity index (χ1) is 8.49. The van der Waals surface area contributed by atoms with E-state index < -0.39 is 0 Å². The molecule has 0 bridgehead atoms. The Hall–Kier alpha value is -1.62. The third-order valence-electron chi connectivity index (χ3n) is 3.61. The van der Waals surface area contributed by atoms with E-state index in [-0.39, 0.29) is 29.4 Å². The van der Waals surface area contributed by atoms with Gasteiger partial charge in [0.15, 0.2) is 0 Å². The van der Waals surface area contributed by atoms with Gasteiger partial charge in [-0.05, 0) is 38.1 Å². The quantitative estimate of drug-likeness (QED) is 0.854. The monoisotopic (exact) mass is 252 g/mol. The van der Waals surface area contributed by atoms with E-state index in [1.165, 1.54) is 18.2 Å². The first-order valence-corrected chi connectivity index (χ1v) is 6.01. The molecule has 98 valence electrons. The van der Waals surface area contributed by atoms with Crippen LogP contribution in [0.5, 0.6) is 5.75 Å². The van der Waals surface area contributed by atoms with E-state index in [2.05, 4.69) is 0 Å². The van der Waals surface area contributed by atoms with Gasteiger partial charge in [-0.3, -0.25) is 9.69 Å². The molecule has 2 atom stereocenters. The Kier molecular flexibility index (Phi) is 3.52. The number of aromatic hydroxyl groups is 1. The molecule has 1 amide bonds. The molecule has 4 nitrogen and oxygen atoms in total. The Labute approximate surface area is 105 Å². The van der Waals surface area contributed by atoms with Crippen molar-refractivity contribution >= 4 is 5.91 Å². The number of hydrogen-bond acceptors (Lipinski definition) is 3. The first-order valence-electron chi connectivity index (χ1n) is 6.01. The normalized spacial score (nSPS) is 22.0. The van der Waals surface area contributed by atoms with Gasteiger partial charge in [0, 0.05) is 18.2 Å². The SMILES string of the molecule is CC(c1cc(F)ccc1O)N1CCC(C(N)=O)C1. The number of amides is 1. The number of primary amides is 1. The van der Waals surface area contributed by atoms with Crippen LogP contribution in [-0.4, -0.2) is 29.0 Å². The van der Waals surface area contributed by atoms with Crippen molar-refractivity contribution in [2.75, 3.05) is 13.1 Å². The predicted molar refractivity (Wildman–Crippen MR) is 65.4 cm³/mol. The van der Waals surface area contributed by atoms with Crippen LogP contribution in [-0.2, 0) is 4.79 Å². The highest BCUT2D eigenvalue weighted by Gasteiger charge is 2.30. The molecule has 1 saturated heterocycles. The summed E-state index contributed by atoms with van der Waals surface area (Å²) in [6, 6.07) is 3.77. The lowest BCUT2D eigenvalue weighted by atomic mass is 10.1. The van der Waals surface area contributed by atoms with Crippen molar-refractivity contribution in [1.82, 2.24) is 4.90 Å². The smallest absolute Gasteiger partial charge is 0.221 e. The van der Waals surface area contributed by atoms with E-state index in [4.69, 9.17) is 5.73 Å². The number of phenolic OH excluding ortho intramolecular Hbond substituents is 1. The minimum absolute atomic E-state index is 0.0754. The second kappa shape index (κ2) is 4.94. The predicted octanol–water partition coefficient (Wildman–Crippen LogP) is 1.40. The van der Waals surface area contributed by atoms with E-state index in [1.807, 2.05) is 11.8 Å². The summed E-state index contributed by atoms with van der Waals surface area (Å²) in [5.74, 6) is -0.747. The lowest BCUT2D eigenvalue weighted by molar-refractivity contribution is -0.121. The highest BCUT2D eigenvalue weighted by Crippen LogP contribution is 2.32. The number of phenols is 1. The summed E-state index contributed by atoms with van der Waals surface area (Å²) in [5, 5.41) is 9.76. The van der Waals surface area contributed by atoms with E-state index in [0.29, 0.717) is 12.1 Å².